The van der Waals surface area contributed by atoms with E-state index in [0.717, 1.165) is 0 Å². The van der Waals surface area contributed by atoms with Gasteiger partial charge in [0.05, 0.1) is 16.6 Å². The van der Waals surface area contributed by atoms with E-state index in [4.69, 9.17) is 4.74 Å². The van der Waals surface area contributed by atoms with E-state index in [2.05, 4.69) is 20.8 Å². The molecule has 190 valence electrons. The molecule has 1 saturated carbocycles. The number of nitrogens with one attached hydrogen (secondary N) is 3. The Balaban J connectivity index is 1.38. The van der Waals surface area contributed by atoms with Crippen LogP contribution in [0.5, 0.6) is 0 Å². The Bertz CT molecular complexity index is 1320. The zero-order chi connectivity index (χ0) is 25.9. The number of hydrogen-bond donors (Lipinski definition) is 3. The Morgan fingerprint density at radius 2 is 1.67 bits per heavy atom. The van der Waals surface area contributed by atoms with Crippen molar-refractivity contribution in [2.75, 3.05) is 0 Å². The first kappa shape index (κ1) is 25.3. The Morgan fingerprint density at radius 3 is 2.33 bits per heavy atom. The fourth-order valence-electron chi connectivity index (χ4n) is 4.48. The molecule has 3 N–H and O–H groups in total. The summed E-state index contributed by atoms with van der Waals surface area (Å²) in [4.78, 5) is 36.9. The van der Waals surface area contributed by atoms with Crippen LogP contribution < -0.4 is 16.2 Å². The molecule has 0 spiro atoms. The van der Waals surface area contributed by atoms with E-state index >= 15 is 0 Å². The summed E-state index contributed by atoms with van der Waals surface area (Å²) >= 11 is 0. The van der Waals surface area contributed by atoms with Gasteiger partial charge in [-0.2, -0.15) is 5.10 Å². The number of carbonyl (C=O) groups is 2. The summed E-state index contributed by atoms with van der Waals surface area (Å²) in [7, 11) is 0. The summed E-state index contributed by atoms with van der Waals surface area (Å²) in [5.74, 6) is -1.08. The van der Waals surface area contributed by atoms with Gasteiger partial charge < -0.3 is 15.4 Å². The molecule has 36 heavy (non-hydrogen) atoms. The standard InChI is InChI=1S/C27H31FN4O4/c1-27(2,3)36-26(35)30-18-11-9-17(10-12-18)29-24(33)21-14-16(8-13-22(21)28)15-23-19-6-4-5-7-20(19)25(34)32-31-23/h4-8,13-14,17-18H,9-12,15H2,1-3H3,(H,29,33)(H,30,35)(H,32,34). The van der Waals surface area contributed by atoms with E-state index in [1.165, 1.54) is 12.1 Å². The fraction of sp³-hybridized carbons (Fsp3) is 0.407. The topological polar surface area (TPSA) is 113 Å². The molecular formula is C27H31FN4O4. The van der Waals surface area contributed by atoms with Crippen molar-refractivity contribution in [2.24, 2.45) is 0 Å². The zero-order valence-corrected chi connectivity index (χ0v) is 20.7. The molecule has 1 aliphatic rings. The second-order valence-corrected chi connectivity index (χ2v) is 10.2. The number of aromatic nitrogens is 2. The molecule has 1 heterocycles. The Morgan fingerprint density at radius 1 is 1.03 bits per heavy atom. The molecule has 0 atom stereocenters. The highest BCUT2D eigenvalue weighted by Crippen LogP contribution is 2.22. The van der Waals surface area contributed by atoms with Gasteiger partial charge >= 0.3 is 6.09 Å². The lowest BCUT2D eigenvalue weighted by Crippen LogP contribution is -2.45. The first-order valence-electron chi connectivity index (χ1n) is 12.1. The van der Waals surface area contributed by atoms with Gasteiger partial charge in [-0.25, -0.2) is 14.3 Å². The van der Waals surface area contributed by atoms with Crippen molar-refractivity contribution in [1.29, 1.82) is 0 Å². The number of aromatic amines is 1. The average Bonchev–Trinajstić information content (AvgIpc) is 2.82. The van der Waals surface area contributed by atoms with Gasteiger partial charge in [0.15, 0.2) is 0 Å². The molecule has 3 aromatic rings. The van der Waals surface area contributed by atoms with Crippen LogP contribution in [0.1, 0.15) is 68.1 Å². The van der Waals surface area contributed by atoms with Crippen LogP contribution >= 0.6 is 0 Å². The van der Waals surface area contributed by atoms with Crippen molar-refractivity contribution < 1.29 is 18.7 Å². The van der Waals surface area contributed by atoms with Gasteiger partial charge in [-0.1, -0.05) is 24.3 Å². The SMILES string of the molecule is CC(C)(C)OC(=O)NC1CCC(NC(=O)c2cc(Cc3n[nH]c(=O)c4ccccc34)ccc2F)CC1. The van der Waals surface area contributed by atoms with E-state index in [0.29, 0.717) is 54.1 Å². The maximum atomic E-state index is 14.6. The number of H-pyrrole nitrogens is 1. The molecule has 2 aromatic carbocycles. The minimum absolute atomic E-state index is 0.0206. The van der Waals surface area contributed by atoms with Crippen LogP contribution in [0.15, 0.2) is 47.3 Å². The number of halogens is 1. The molecule has 2 amide bonds. The Kier molecular flexibility index (Phi) is 7.37. The molecule has 0 unspecified atom stereocenters. The minimum atomic E-state index is -0.601. The van der Waals surface area contributed by atoms with Crippen molar-refractivity contribution >= 4 is 22.8 Å². The van der Waals surface area contributed by atoms with Crippen molar-refractivity contribution in [3.8, 4) is 0 Å². The van der Waals surface area contributed by atoms with Crippen LogP contribution in [-0.2, 0) is 11.2 Å². The lowest BCUT2D eigenvalue weighted by atomic mass is 9.91. The van der Waals surface area contributed by atoms with Crippen LogP contribution in [0, 0.1) is 5.82 Å². The van der Waals surface area contributed by atoms with Crippen LogP contribution in [0.25, 0.3) is 10.8 Å². The first-order chi connectivity index (χ1) is 17.1. The smallest absolute Gasteiger partial charge is 0.407 e. The largest absolute Gasteiger partial charge is 0.444 e. The van der Waals surface area contributed by atoms with Gasteiger partial charge in [0.1, 0.15) is 11.4 Å². The number of ether oxygens (including phenoxy) is 1. The van der Waals surface area contributed by atoms with Gasteiger partial charge in [-0.3, -0.25) is 9.59 Å². The van der Waals surface area contributed by atoms with Crippen molar-refractivity contribution in [3.05, 3.63) is 75.5 Å². The number of fused-ring (bicyclic) bond motifs is 1. The monoisotopic (exact) mass is 494 g/mol. The molecule has 0 radical (unpaired) electrons. The number of amides is 2. The van der Waals surface area contributed by atoms with Crippen LogP contribution in [0.2, 0.25) is 0 Å². The second-order valence-electron chi connectivity index (χ2n) is 10.2. The van der Waals surface area contributed by atoms with E-state index in [-0.39, 0.29) is 23.2 Å². The highest BCUT2D eigenvalue weighted by Gasteiger charge is 2.26. The number of nitrogens with zero attached hydrogens (tertiary/aromatic N) is 1. The predicted octanol–water partition coefficient (Wildman–Crippen LogP) is 4.22. The Labute approximate surface area is 208 Å². The highest BCUT2D eigenvalue weighted by molar-refractivity contribution is 5.95. The summed E-state index contributed by atoms with van der Waals surface area (Å²) in [5.41, 5.74) is 0.477. The summed E-state index contributed by atoms with van der Waals surface area (Å²) in [6.07, 6.45) is 2.61. The summed E-state index contributed by atoms with van der Waals surface area (Å²) in [5, 5.41) is 13.7. The lowest BCUT2D eigenvalue weighted by molar-refractivity contribution is 0.0488. The number of carbonyl (C=O) groups excluding carboxylic acids is 2. The molecule has 0 aliphatic heterocycles. The normalized spacial score (nSPS) is 18.0. The zero-order valence-electron chi connectivity index (χ0n) is 20.7. The quantitative estimate of drug-likeness (QED) is 0.492. The molecule has 9 heteroatoms. The Hall–Kier alpha value is -3.75. The van der Waals surface area contributed by atoms with Crippen LogP contribution in [0.4, 0.5) is 9.18 Å². The minimum Gasteiger partial charge on any atom is -0.444 e. The summed E-state index contributed by atoms with van der Waals surface area (Å²) < 4.78 is 19.9. The predicted molar refractivity (Wildman–Crippen MR) is 134 cm³/mol. The number of hydrogen-bond acceptors (Lipinski definition) is 5. The average molecular weight is 495 g/mol. The summed E-state index contributed by atoms with van der Waals surface area (Å²) in [6.45, 7) is 5.44. The van der Waals surface area contributed by atoms with Gasteiger partial charge in [0.25, 0.3) is 11.5 Å². The molecule has 8 nitrogen and oxygen atoms in total. The molecule has 0 bridgehead atoms. The fourth-order valence-corrected chi connectivity index (χ4v) is 4.48. The second kappa shape index (κ2) is 10.5. The van der Waals surface area contributed by atoms with Crippen molar-refractivity contribution in [1.82, 2.24) is 20.8 Å². The molecule has 4 rings (SSSR count). The maximum Gasteiger partial charge on any atom is 0.407 e. The van der Waals surface area contributed by atoms with E-state index in [1.807, 2.05) is 32.9 Å². The van der Waals surface area contributed by atoms with Crippen molar-refractivity contribution in [3.63, 3.8) is 0 Å². The molecular weight excluding hydrogens is 463 g/mol. The third-order valence-corrected chi connectivity index (χ3v) is 6.21. The molecule has 1 aliphatic carbocycles. The third kappa shape index (κ3) is 6.27. The molecule has 0 saturated heterocycles. The highest BCUT2D eigenvalue weighted by atomic mass is 19.1. The van der Waals surface area contributed by atoms with E-state index in [9.17, 15) is 18.8 Å². The van der Waals surface area contributed by atoms with Crippen molar-refractivity contribution in [2.45, 2.75) is 70.6 Å². The van der Waals surface area contributed by atoms with E-state index in [1.54, 1.807) is 18.2 Å². The first-order valence-corrected chi connectivity index (χ1v) is 12.1. The molecule has 1 fully saturated rings. The number of rotatable bonds is 5. The van der Waals surface area contributed by atoms with Gasteiger partial charge in [0.2, 0.25) is 0 Å². The van der Waals surface area contributed by atoms with Crippen LogP contribution in [0.3, 0.4) is 0 Å². The third-order valence-electron chi connectivity index (χ3n) is 6.21. The number of benzene rings is 2. The summed E-state index contributed by atoms with van der Waals surface area (Å²) in [6, 6.07) is 11.4. The van der Waals surface area contributed by atoms with Crippen LogP contribution in [-0.4, -0.2) is 39.9 Å². The number of alkyl carbamates (subject to hydrolysis) is 1. The molecule has 1 aromatic heterocycles. The maximum absolute atomic E-state index is 14.6. The lowest BCUT2D eigenvalue weighted by Gasteiger charge is -2.30. The van der Waals surface area contributed by atoms with Gasteiger partial charge in [-0.15, -0.1) is 0 Å². The van der Waals surface area contributed by atoms with E-state index < -0.39 is 23.4 Å². The van der Waals surface area contributed by atoms with Gasteiger partial charge in [-0.05, 0) is 70.2 Å². The van der Waals surface area contributed by atoms with Gasteiger partial charge in [0, 0.05) is 23.9 Å².